The number of rotatable bonds is 10. The van der Waals surface area contributed by atoms with Crippen molar-refractivity contribution in [3.05, 3.63) is 87.7 Å². The summed E-state index contributed by atoms with van der Waals surface area (Å²) in [7, 11) is 0. The Morgan fingerprint density at radius 2 is 1.81 bits per heavy atom. The van der Waals surface area contributed by atoms with Gasteiger partial charge in [-0.25, -0.2) is 9.77 Å². The number of nitrogens with zero attached hydrogens (tertiary/aromatic N) is 2. The zero-order chi connectivity index (χ0) is 25.5. The molecule has 10 heteroatoms. The molecule has 0 radical (unpaired) electrons. The summed E-state index contributed by atoms with van der Waals surface area (Å²) in [4.78, 5) is 12.4. The Bertz CT molecular complexity index is 1390. The number of aromatic amines is 1. The number of aromatic nitrogens is 3. The van der Waals surface area contributed by atoms with Crippen molar-refractivity contribution < 1.29 is 14.3 Å². The summed E-state index contributed by atoms with van der Waals surface area (Å²) in [5.41, 5.74) is 6.74. The van der Waals surface area contributed by atoms with E-state index in [1.165, 1.54) is 0 Å². The van der Waals surface area contributed by atoms with E-state index in [1.54, 1.807) is 16.8 Å². The van der Waals surface area contributed by atoms with Gasteiger partial charge in [-0.05, 0) is 49.8 Å². The van der Waals surface area contributed by atoms with Gasteiger partial charge in [0.2, 0.25) is 4.77 Å². The quantitative estimate of drug-likeness (QED) is 0.230. The lowest BCUT2D eigenvalue weighted by atomic mass is 10.2. The van der Waals surface area contributed by atoms with E-state index in [1.807, 2.05) is 68.4 Å². The Hall–Kier alpha value is -3.82. The van der Waals surface area contributed by atoms with Crippen molar-refractivity contribution in [2.24, 2.45) is 0 Å². The lowest BCUT2D eigenvalue weighted by Gasteiger charge is -2.16. The van der Waals surface area contributed by atoms with E-state index >= 15 is 0 Å². The maximum atomic E-state index is 12.4. The van der Waals surface area contributed by atoms with E-state index in [0.29, 0.717) is 46.0 Å². The fraction of sp³-hybridized carbons (Fsp3) is 0.192. The molecule has 4 rings (SSSR count). The molecule has 0 fully saturated rings. The smallest absolute Gasteiger partial charge is 0.262 e. The van der Waals surface area contributed by atoms with Gasteiger partial charge in [-0.15, -0.1) is 0 Å². The van der Waals surface area contributed by atoms with Gasteiger partial charge in [-0.2, -0.15) is 5.10 Å². The van der Waals surface area contributed by atoms with Crippen LogP contribution in [0.25, 0.3) is 11.4 Å². The summed E-state index contributed by atoms with van der Waals surface area (Å²) in [6.45, 7) is 4.44. The number of carbonyl (C=O) groups is 1. The average molecular weight is 524 g/mol. The maximum Gasteiger partial charge on any atom is 0.262 e. The van der Waals surface area contributed by atoms with Gasteiger partial charge < -0.3 is 20.2 Å². The standard InChI is InChI=1S/C26H26ClN5O3S/c1-3-34-22-13-19(15-28-32-25(30-31-26(32)36)18-7-5-4-6-8-18)21(27)14-23(22)35-16-24(33)29-20-11-9-17(2)10-12-20/h4-14,28H,3,15-16H2,1-2H3,(H,29,33)(H,31,36). The molecule has 0 aliphatic heterocycles. The van der Waals surface area contributed by atoms with Crippen LogP contribution in [0, 0.1) is 11.7 Å². The van der Waals surface area contributed by atoms with E-state index in [0.717, 1.165) is 16.7 Å². The minimum Gasteiger partial charge on any atom is -0.490 e. The molecule has 0 spiro atoms. The number of aryl methyl sites for hydroxylation is 1. The summed E-state index contributed by atoms with van der Waals surface area (Å²) in [6.07, 6.45) is 0. The number of carbonyl (C=O) groups excluding carboxylic acids is 1. The number of halogens is 1. The molecule has 3 aromatic carbocycles. The van der Waals surface area contributed by atoms with E-state index in [-0.39, 0.29) is 12.5 Å². The Labute approximate surface area is 219 Å². The Balaban J connectivity index is 1.46. The summed E-state index contributed by atoms with van der Waals surface area (Å²) in [6, 6.07) is 20.7. The molecule has 0 saturated heterocycles. The third-order valence-electron chi connectivity index (χ3n) is 5.24. The molecule has 1 heterocycles. The SMILES string of the molecule is CCOc1cc(CNn2c(-c3ccccc3)n[nH]c2=S)c(Cl)cc1OCC(=O)Nc1ccc(C)cc1. The summed E-state index contributed by atoms with van der Waals surface area (Å²) in [5.74, 6) is 1.24. The second-order valence-corrected chi connectivity index (χ2v) is 8.71. The zero-order valence-corrected chi connectivity index (χ0v) is 21.4. The number of anilines is 1. The lowest BCUT2D eigenvalue weighted by molar-refractivity contribution is -0.118. The molecule has 0 saturated carbocycles. The zero-order valence-electron chi connectivity index (χ0n) is 19.9. The minimum atomic E-state index is -0.286. The Kier molecular flexibility index (Phi) is 8.24. The number of hydrogen-bond acceptors (Lipinski definition) is 6. The molecule has 0 bridgehead atoms. The van der Waals surface area contributed by atoms with Gasteiger partial charge in [-0.3, -0.25) is 4.79 Å². The van der Waals surface area contributed by atoms with Gasteiger partial charge in [0, 0.05) is 22.3 Å². The number of H-pyrrole nitrogens is 1. The summed E-state index contributed by atoms with van der Waals surface area (Å²) >= 11 is 12.0. The van der Waals surface area contributed by atoms with E-state index in [9.17, 15) is 4.79 Å². The van der Waals surface area contributed by atoms with Crippen LogP contribution in [0.4, 0.5) is 5.69 Å². The third kappa shape index (κ3) is 6.24. The topological polar surface area (TPSA) is 93.2 Å². The molecule has 8 nitrogen and oxygen atoms in total. The first-order valence-corrected chi connectivity index (χ1v) is 12.1. The van der Waals surface area contributed by atoms with E-state index in [4.69, 9.17) is 33.3 Å². The number of amides is 1. The number of hydrogen-bond donors (Lipinski definition) is 3. The maximum absolute atomic E-state index is 12.4. The molecule has 4 aromatic rings. The van der Waals surface area contributed by atoms with Crippen LogP contribution in [0.15, 0.2) is 66.7 Å². The normalized spacial score (nSPS) is 10.6. The van der Waals surface area contributed by atoms with E-state index < -0.39 is 0 Å². The lowest BCUT2D eigenvalue weighted by Crippen LogP contribution is -2.20. The Morgan fingerprint density at radius 3 is 2.53 bits per heavy atom. The highest BCUT2D eigenvalue weighted by Gasteiger charge is 2.15. The van der Waals surface area contributed by atoms with Gasteiger partial charge in [0.15, 0.2) is 23.9 Å². The average Bonchev–Trinajstić information content (AvgIpc) is 3.25. The second-order valence-electron chi connectivity index (χ2n) is 7.91. The van der Waals surface area contributed by atoms with Crippen LogP contribution >= 0.6 is 23.8 Å². The van der Waals surface area contributed by atoms with Crippen molar-refractivity contribution in [1.82, 2.24) is 14.9 Å². The molecule has 36 heavy (non-hydrogen) atoms. The van der Waals surface area contributed by atoms with Gasteiger partial charge >= 0.3 is 0 Å². The molecule has 0 aliphatic rings. The fourth-order valence-corrected chi connectivity index (χ4v) is 3.88. The van der Waals surface area contributed by atoms with Crippen LogP contribution < -0.4 is 20.2 Å². The van der Waals surface area contributed by atoms with Gasteiger partial charge in [0.1, 0.15) is 0 Å². The van der Waals surface area contributed by atoms with Gasteiger partial charge in [0.05, 0.1) is 13.2 Å². The molecule has 0 aliphatic carbocycles. The Morgan fingerprint density at radius 1 is 1.08 bits per heavy atom. The van der Waals surface area contributed by atoms with Crippen LogP contribution in [0.2, 0.25) is 5.02 Å². The third-order valence-corrected chi connectivity index (χ3v) is 5.86. The van der Waals surface area contributed by atoms with Crippen molar-refractivity contribution in [2.45, 2.75) is 20.4 Å². The predicted octanol–water partition coefficient (Wildman–Crippen LogP) is 5.73. The number of benzene rings is 3. The molecule has 1 amide bonds. The van der Waals surface area contributed by atoms with Gasteiger partial charge in [-0.1, -0.05) is 59.6 Å². The highest BCUT2D eigenvalue weighted by atomic mass is 35.5. The highest BCUT2D eigenvalue weighted by Crippen LogP contribution is 2.34. The van der Waals surface area contributed by atoms with Crippen molar-refractivity contribution >= 4 is 35.4 Å². The van der Waals surface area contributed by atoms with Gasteiger partial charge in [0.25, 0.3) is 5.91 Å². The second kappa shape index (κ2) is 11.7. The number of nitrogens with one attached hydrogen (secondary N) is 3. The first-order chi connectivity index (χ1) is 17.4. The van der Waals surface area contributed by atoms with Crippen molar-refractivity contribution in [2.75, 3.05) is 24.0 Å². The van der Waals surface area contributed by atoms with Crippen molar-refractivity contribution in [1.29, 1.82) is 0 Å². The van der Waals surface area contributed by atoms with Crippen LogP contribution in [0.3, 0.4) is 0 Å². The summed E-state index contributed by atoms with van der Waals surface area (Å²) in [5, 5.41) is 10.4. The van der Waals surface area contributed by atoms with Crippen molar-refractivity contribution in [3.8, 4) is 22.9 Å². The van der Waals surface area contributed by atoms with Crippen LogP contribution in [-0.4, -0.2) is 34.0 Å². The molecule has 0 unspecified atom stereocenters. The molecule has 186 valence electrons. The predicted molar refractivity (Wildman–Crippen MR) is 144 cm³/mol. The molecular weight excluding hydrogens is 498 g/mol. The van der Waals surface area contributed by atoms with Crippen LogP contribution in [0.5, 0.6) is 11.5 Å². The molecule has 3 N–H and O–H groups in total. The number of ether oxygens (including phenoxy) is 2. The van der Waals surface area contributed by atoms with Crippen molar-refractivity contribution in [3.63, 3.8) is 0 Å². The first kappa shape index (κ1) is 25.3. The molecular formula is C26H26ClN5O3S. The molecule has 0 atom stereocenters. The minimum absolute atomic E-state index is 0.188. The van der Waals surface area contributed by atoms with Crippen LogP contribution in [0.1, 0.15) is 18.1 Å². The van der Waals surface area contributed by atoms with E-state index in [2.05, 4.69) is 20.9 Å². The van der Waals surface area contributed by atoms with Crippen LogP contribution in [-0.2, 0) is 11.3 Å². The largest absolute Gasteiger partial charge is 0.490 e. The molecule has 1 aromatic heterocycles. The highest BCUT2D eigenvalue weighted by molar-refractivity contribution is 7.71. The first-order valence-electron chi connectivity index (χ1n) is 11.4. The fourth-order valence-electron chi connectivity index (χ4n) is 3.46. The monoisotopic (exact) mass is 523 g/mol. The summed E-state index contributed by atoms with van der Waals surface area (Å²) < 4.78 is 13.6.